The molecule has 18 heavy (non-hydrogen) atoms. The molecule has 0 aliphatic carbocycles. The molecule has 6 heteroatoms. The molecule has 1 aromatic carbocycles. The van der Waals surface area contributed by atoms with Gasteiger partial charge in [-0.15, -0.1) is 0 Å². The summed E-state index contributed by atoms with van der Waals surface area (Å²) in [4.78, 5) is 10.9. The fraction of sp³-hybridized carbons (Fsp3) is 0.417. The fourth-order valence-electron chi connectivity index (χ4n) is 1.43. The predicted octanol–water partition coefficient (Wildman–Crippen LogP) is 2.87. The number of halogens is 2. The molecule has 0 aliphatic heterocycles. The van der Waals surface area contributed by atoms with Crippen molar-refractivity contribution in [1.29, 1.82) is 0 Å². The number of methoxy groups -OCH3 is 2. The predicted molar refractivity (Wildman–Crippen MR) is 76.7 cm³/mol. The zero-order chi connectivity index (χ0) is 13.5. The molecular weight excluding hydrogens is 366 g/mol. The van der Waals surface area contributed by atoms with Crippen LogP contribution < -0.4 is 10.1 Å². The maximum absolute atomic E-state index is 10.9. The molecule has 0 saturated carbocycles. The van der Waals surface area contributed by atoms with Crippen LogP contribution >= 0.6 is 31.9 Å². The third-order valence-corrected chi connectivity index (χ3v) is 3.50. The standard InChI is InChI=1S/C12H15Br2NO3/c1-17-11(16)3-4-15-7-8-5-9(13)12(18-2)10(14)6-8/h5-6,15H,3-4,7H2,1-2H3. The Morgan fingerprint density at radius 2 is 1.89 bits per heavy atom. The normalized spacial score (nSPS) is 10.2. The molecule has 0 aromatic heterocycles. The Kier molecular flexibility index (Phi) is 6.67. The van der Waals surface area contributed by atoms with Crippen LogP contribution in [0.5, 0.6) is 5.75 Å². The van der Waals surface area contributed by atoms with E-state index in [9.17, 15) is 4.79 Å². The number of rotatable bonds is 6. The van der Waals surface area contributed by atoms with Gasteiger partial charge in [0.15, 0.2) is 0 Å². The molecule has 1 N–H and O–H groups in total. The molecule has 1 rings (SSSR count). The van der Waals surface area contributed by atoms with E-state index in [2.05, 4.69) is 41.9 Å². The molecule has 0 radical (unpaired) electrons. The van der Waals surface area contributed by atoms with E-state index in [0.29, 0.717) is 19.5 Å². The van der Waals surface area contributed by atoms with Gasteiger partial charge < -0.3 is 14.8 Å². The lowest BCUT2D eigenvalue weighted by Crippen LogP contribution is -2.18. The second-order valence-electron chi connectivity index (χ2n) is 3.60. The Balaban J connectivity index is 2.51. The molecule has 0 amide bonds. The van der Waals surface area contributed by atoms with Crippen LogP contribution in [0.15, 0.2) is 21.1 Å². The molecule has 0 aliphatic rings. The van der Waals surface area contributed by atoms with Gasteiger partial charge in [0, 0.05) is 13.1 Å². The highest BCUT2D eigenvalue weighted by atomic mass is 79.9. The van der Waals surface area contributed by atoms with Crippen LogP contribution in [0.3, 0.4) is 0 Å². The van der Waals surface area contributed by atoms with E-state index in [1.165, 1.54) is 7.11 Å². The maximum Gasteiger partial charge on any atom is 0.306 e. The Morgan fingerprint density at radius 3 is 2.39 bits per heavy atom. The van der Waals surface area contributed by atoms with E-state index in [-0.39, 0.29) is 5.97 Å². The van der Waals surface area contributed by atoms with Crippen LogP contribution in [0.2, 0.25) is 0 Å². The van der Waals surface area contributed by atoms with E-state index < -0.39 is 0 Å². The van der Waals surface area contributed by atoms with Gasteiger partial charge in [-0.2, -0.15) is 0 Å². The summed E-state index contributed by atoms with van der Waals surface area (Å²) in [5.74, 6) is 0.563. The molecule has 4 nitrogen and oxygen atoms in total. The lowest BCUT2D eigenvalue weighted by atomic mass is 10.2. The topological polar surface area (TPSA) is 47.6 Å². The molecule has 1 aromatic rings. The fourth-order valence-corrected chi connectivity index (χ4v) is 3.04. The molecular formula is C12H15Br2NO3. The number of benzene rings is 1. The summed E-state index contributed by atoms with van der Waals surface area (Å²) in [6, 6.07) is 3.96. The van der Waals surface area contributed by atoms with Crippen LogP contribution in [0, 0.1) is 0 Å². The summed E-state index contributed by atoms with van der Waals surface area (Å²) in [5.41, 5.74) is 1.10. The zero-order valence-electron chi connectivity index (χ0n) is 10.3. The van der Waals surface area contributed by atoms with Crippen LogP contribution in [0.1, 0.15) is 12.0 Å². The largest absolute Gasteiger partial charge is 0.494 e. The number of ether oxygens (including phenoxy) is 2. The Hall–Kier alpha value is -0.590. The van der Waals surface area contributed by atoms with Gasteiger partial charge in [0.2, 0.25) is 0 Å². The van der Waals surface area contributed by atoms with Crippen molar-refractivity contribution in [2.24, 2.45) is 0 Å². The highest BCUT2D eigenvalue weighted by Gasteiger charge is 2.07. The first kappa shape index (κ1) is 15.5. The first-order valence-corrected chi connectivity index (χ1v) is 6.96. The molecule has 100 valence electrons. The maximum atomic E-state index is 10.9. The molecule has 0 atom stereocenters. The minimum Gasteiger partial charge on any atom is -0.494 e. The van der Waals surface area contributed by atoms with Crippen LogP contribution in [-0.2, 0) is 16.1 Å². The highest BCUT2D eigenvalue weighted by Crippen LogP contribution is 2.34. The molecule has 0 saturated heterocycles. The van der Waals surface area contributed by atoms with Crippen LogP contribution in [-0.4, -0.2) is 26.7 Å². The molecule has 0 bridgehead atoms. The smallest absolute Gasteiger partial charge is 0.306 e. The summed E-state index contributed by atoms with van der Waals surface area (Å²) in [6.07, 6.45) is 0.370. The number of carbonyl (C=O) groups excluding carboxylic acids is 1. The number of nitrogens with one attached hydrogen (secondary N) is 1. The Labute approximate surface area is 123 Å². The van der Waals surface area contributed by atoms with Gasteiger partial charge in [-0.1, -0.05) is 0 Å². The van der Waals surface area contributed by atoms with Crippen molar-refractivity contribution >= 4 is 37.8 Å². The second-order valence-corrected chi connectivity index (χ2v) is 5.30. The van der Waals surface area contributed by atoms with Crippen molar-refractivity contribution in [2.45, 2.75) is 13.0 Å². The van der Waals surface area contributed by atoms with Gasteiger partial charge in [0.25, 0.3) is 0 Å². The monoisotopic (exact) mass is 379 g/mol. The van der Waals surface area contributed by atoms with E-state index in [0.717, 1.165) is 20.3 Å². The molecule has 0 unspecified atom stereocenters. The van der Waals surface area contributed by atoms with E-state index in [4.69, 9.17) is 4.74 Å². The van der Waals surface area contributed by atoms with Crippen molar-refractivity contribution in [3.63, 3.8) is 0 Å². The summed E-state index contributed by atoms with van der Waals surface area (Å²) < 4.78 is 11.6. The highest BCUT2D eigenvalue weighted by molar-refractivity contribution is 9.11. The summed E-state index contributed by atoms with van der Waals surface area (Å²) in [6.45, 7) is 1.27. The summed E-state index contributed by atoms with van der Waals surface area (Å²) in [5, 5.41) is 3.18. The lowest BCUT2D eigenvalue weighted by molar-refractivity contribution is -0.140. The summed E-state index contributed by atoms with van der Waals surface area (Å²) >= 11 is 6.89. The van der Waals surface area contributed by atoms with Crippen molar-refractivity contribution in [3.8, 4) is 5.75 Å². The quantitative estimate of drug-likeness (QED) is 0.608. The average molecular weight is 381 g/mol. The SMILES string of the molecule is COC(=O)CCNCc1cc(Br)c(OC)c(Br)c1. The minimum absolute atomic E-state index is 0.209. The first-order valence-electron chi connectivity index (χ1n) is 5.38. The van der Waals surface area contributed by atoms with Gasteiger partial charge in [0.05, 0.1) is 29.6 Å². The zero-order valence-corrected chi connectivity index (χ0v) is 13.4. The Bertz CT molecular complexity index is 401. The Morgan fingerprint density at radius 1 is 1.28 bits per heavy atom. The van der Waals surface area contributed by atoms with E-state index in [1.807, 2.05) is 12.1 Å². The summed E-state index contributed by atoms with van der Waals surface area (Å²) in [7, 11) is 3.01. The first-order chi connectivity index (χ1) is 8.58. The van der Waals surface area contributed by atoms with E-state index >= 15 is 0 Å². The number of hydrogen-bond donors (Lipinski definition) is 1. The van der Waals surface area contributed by atoms with E-state index in [1.54, 1.807) is 7.11 Å². The van der Waals surface area contributed by atoms with Crippen LogP contribution in [0.25, 0.3) is 0 Å². The number of hydrogen-bond acceptors (Lipinski definition) is 4. The third kappa shape index (κ3) is 4.59. The van der Waals surface area contributed by atoms with Gasteiger partial charge in [-0.05, 0) is 49.6 Å². The van der Waals surface area contributed by atoms with Crippen molar-refractivity contribution < 1.29 is 14.3 Å². The number of esters is 1. The van der Waals surface area contributed by atoms with Crippen molar-refractivity contribution in [3.05, 3.63) is 26.6 Å². The number of carbonyl (C=O) groups is 1. The molecule has 0 fully saturated rings. The lowest BCUT2D eigenvalue weighted by Gasteiger charge is -2.10. The minimum atomic E-state index is -0.209. The van der Waals surface area contributed by atoms with Gasteiger partial charge in [-0.25, -0.2) is 0 Å². The van der Waals surface area contributed by atoms with Crippen molar-refractivity contribution in [2.75, 3.05) is 20.8 Å². The van der Waals surface area contributed by atoms with Crippen LogP contribution in [0.4, 0.5) is 0 Å². The average Bonchev–Trinajstić information content (AvgIpc) is 2.34. The second kappa shape index (κ2) is 7.76. The van der Waals surface area contributed by atoms with Gasteiger partial charge >= 0.3 is 5.97 Å². The molecule has 0 spiro atoms. The molecule has 0 heterocycles. The van der Waals surface area contributed by atoms with Gasteiger partial charge in [0.1, 0.15) is 5.75 Å². The van der Waals surface area contributed by atoms with Crippen molar-refractivity contribution in [1.82, 2.24) is 5.32 Å². The third-order valence-electron chi connectivity index (χ3n) is 2.32. The van der Waals surface area contributed by atoms with Gasteiger partial charge in [-0.3, -0.25) is 4.79 Å².